The van der Waals surface area contributed by atoms with E-state index in [1.54, 1.807) is 16.7 Å². The third-order valence-electron chi connectivity index (χ3n) is 3.57. The van der Waals surface area contributed by atoms with Gasteiger partial charge in [0.2, 0.25) is 0 Å². The Morgan fingerprint density at radius 2 is 1.88 bits per heavy atom. The number of hydrogen-bond acceptors (Lipinski definition) is 5. The maximum absolute atomic E-state index is 12.3. The van der Waals surface area contributed by atoms with Crippen molar-refractivity contribution in [1.82, 2.24) is 25.1 Å². The Morgan fingerprint density at radius 3 is 2.50 bits per heavy atom. The summed E-state index contributed by atoms with van der Waals surface area (Å²) < 4.78 is 1.65. The molecule has 24 heavy (non-hydrogen) atoms. The van der Waals surface area contributed by atoms with Crippen molar-refractivity contribution >= 4 is 5.91 Å². The Hall–Kier alpha value is -3.06. The smallest absolute Gasteiger partial charge is 0.253 e. The fourth-order valence-electron chi connectivity index (χ4n) is 2.32. The highest BCUT2D eigenvalue weighted by Gasteiger charge is 2.14. The molecule has 0 aliphatic heterocycles. The van der Waals surface area contributed by atoms with Crippen molar-refractivity contribution in [3.63, 3.8) is 0 Å². The van der Waals surface area contributed by atoms with E-state index in [1.165, 1.54) is 18.9 Å². The maximum Gasteiger partial charge on any atom is 0.253 e. The van der Waals surface area contributed by atoms with Gasteiger partial charge >= 0.3 is 0 Å². The molecule has 1 aromatic carbocycles. The molecule has 7 heteroatoms. The van der Waals surface area contributed by atoms with Crippen LogP contribution in [0, 0.1) is 0 Å². The molecule has 0 saturated carbocycles. The Bertz CT molecular complexity index is 773. The first kappa shape index (κ1) is 15.8. The highest BCUT2D eigenvalue weighted by atomic mass is 16.3. The normalized spacial score (nSPS) is 11.9. The molecule has 0 saturated heterocycles. The summed E-state index contributed by atoms with van der Waals surface area (Å²) in [7, 11) is 0. The molecule has 1 atom stereocenters. The Morgan fingerprint density at radius 1 is 1.12 bits per heavy atom. The van der Waals surface area contributed by atoms with Gasteiger partial charge in [0.1, 0.15) is 18.5 Å². The largest absolute Gasteiger partial charge is 0.394 e. The van der Waals surface area contributed by atoms with E-state index in [9.17, 15) is 9.90 Å². The molecular weight excluding hydrogens is 306 g/mol. The van der Waals surface area contributed by atoms with Crippen LogP contribution in [-0.4, -0.2) is 43.4 Å². The van der Waals surface area contributed by atoms with Gasteiger partial charge in [0.25, 0.3) is 5.91 Å². The van der Waals surface area contributed by atoms with Crippen LogP contribution in [0.5, 0.6) is 0 Å². The third-order valence-corrected chi connectivity index (χ3v) is 3.57. The Kier molecular flexibility index (Phi) is 4.93. The summed E-state index contributed by atoms with van der Waals surface area (Å²) in [6.45, 7) is -0.132. The maximum atomic E-state index is 12.3. The molecule has 3 rings (SSSR count). The molecule has 2 heterocycles. The van der Waals surface area contributed by atoms with Gasteiger partial charge in [-0.1, -0.05) is 30.3 Å². The summed E-state index contributed by atoms with van der Waals surface area (Å²) in [5, 5.41) is 19.8. The van der Waals surface area contributed by atoms with E-state index < -0.39 is 0 Å². The minimum atomic E-state index is -0.350. The van der Waals surface area contributed by atoms with Gasteiger partial charge in [-0.2, -0.15) is 0 Å². The minimum Gasteiger partial charge on any atom is -0.394 e. The second-order valence-corrected chi connectivity index (χ2v) is 5.32. The van der Waals surface area contributed by atoms with Gasteiger partial charge in [-0.25, -0.2) is 4.98 Å². The number of benzene rings is 1. The zero-order valence-corrected chi connectivity index (χ0v) is 12.9. The molecule has 0 aliphatic carbocycles. The van der Waals surface area contributed by atoms with Crippen LogP contribution >= 0.6 is 0 Å². The van der Waals surface area contributed by atoms with Gasteiger partial charge < -0.3 is 10.4 Å². The summed E-state index contributed by atoms with van der Waals surface area (Å²) in [6, 6.07) is 12.8. The first-order valence-electron chi connectivity index (χ1n) is 7.53. The number of nitrogens with zero attached hydrogens (tertiary/aromatic N) is 4. The highest BCUT2D eigenvalue weighted by molar-refractivity contribution is 5.94. The lowest BCUT2D eigenvalue weighted by Gasteiger charge is -2.16. The zero-order valence-electron chi connectivity index (χ0n) is 12.9. The van der Waals surface area contributed by atoms with Gasteiger partial charge in [0.15, 0.2) is 0 Å². The molecular formula is C17H17N5O2. The molecule has 1 amide bonds. The van der Waals surface area contributed by atoms with Crippen LogP contribution in [0.1, 0.15) is 15.9 Å². The summed E-state index contributed by atoms with van der Waals surface area (Å²) in [6.07, 6.45) is 5.12. The lowest BCUT2D eigenvalue weighted by Crippen LogP contribution is -2.39. The van der Waals surface area contributed by atoms with Crippen molar-refractivity contribution < 1.29 is 9.90 Å². The number of carbonyl (C=O) groups is 1. The molecule has 3 aromatic rings. The van der Waals surface area contributed by atoms with Crippen molar-refractivity contribution in [2.45, 2.75) is 12.5 Å². The van der Waals surface area contributed by atoms with Crippen molar-refractivity contribution in [3.8, 4) is 5.82 Å². The first-order chi connectivity index (χ1) is 11.8. The number of amides is 1. The number of aliphatic hydroxyl groups excluding tert-OH is 1. The molecule has 1 unspecified atom stereocenters. The SMILES string of the molecule is O=C(NC(CO)Cc1ccccc1)c1ccc(-n2cnnc2)nc1. The molecule has 0 bridgehead atoms. The minimum absolute atomic E-state index is 0.132. The summed E-state index contributed by atoms with van der Waals surface area (Å²) in [4.78, 5) is 16.5. The summed E-state index contributed by atoms with van der Waals surface area (Å²) in [5.41, 5.74) is 1.48. The van der Waals surface area contributed by atoms with Crippen molar-refractivity contribution in [1.29, 1.82) is 0 Å². The van der Waals surface area contributed by atoms with E-state index in [0.29, 0.717) is 17.8 Å². The molecule has 7 nitrogen and oxygen atoms in total. The van der Waals surface area contributed by atoms with E-state index in [4.69, 9.17) is 0 Å². The monoisotopic (exact) mass is 323 g/mol. The second-order valence-electron chi connectivity index (χ2n) is 5.32. The third kappa shape index (κ3) is 3.82. The molecule has 0 radical (unpaired) electrons. The zero-order chi connectivity index (χ0) is 16.8. The second kappa shape index (κ2) is 7.47. The number of carbonyl (C=O) groups excluding carboxylic acids is 1. The van der Waals surface area contributed by atoms with Crippen LogP contribution in [0.3, 0.4) is 0 Å². The average Bonchev–Trinajstić information content (AvgIpc) is 3.17. The molecule has 0 aliphatic rings. The number of rotatable bonds is 6. The molecule has 0 spiro atoms. The fourth-order valence-corrected chi connectivity index (χ4v) is 2.32. The molecule has 2 N–H and O–H groups in total. The van der Waals surface area contributed by atoms with E-state index >= 15 is 0 Å². The molecule has 122 valence electrons. The summed E-state index contributed by atoms with van der Waals surface area (Å²) >= 11 is 0. The summed E-state index contributed by atoms with van der Waals surface area (Å²) in [5.74, 6) is 0.354. The van der Waals surface area contributed by atoms with Gasteiger partial charge in [0.05, 0.1) is 18.2 Å². The predicted octanol–water partition coefficient (Wildman–Crippen LogP) is 0.996. The first-order valence-corrected chi connectivity index (χ1v) is 7.53. The van der Waals surface area contributed by atoms with Crippen LogP contribution in [0.15, 0.2) is 61.3 Å². The standard InChI is InChI=1S/C17H17N5O2/c23-10-15(8-13-4-2-1-3-5-13)21-17(24)14-6-7-16(18-9-14)22-11-19-20-12-22/h1-7,9,11-12,15,23H,8,10H2,(H,21,24). The topological polar surface area (TPSA) is 92.9 Å². The van der Waals surface area contributed by atoms with Crippen molar-refractivity contribution in [2.75, 3.05) is 6.61 Å². The highest BCUT2D eigenvalue weighted by Crippen LogP contribution is 2.07. The number of nitrogens with one attached hydrogen (secondary N) is 1. The van der Waals surface area contributed by atoms with Crippen molar-refractivity contribution in [2.24, 2.45) is 0 Å². The number of aromatic nitrogens is 4. The van der Waals surface area contributed by atoms with E-state index in [-0.39, 0.29) is 18.6 Å². The van der Waals surface area contributed by atoms with Gasteiger partial charge in [0, 0.05) is 6.20 Å². The van der Waals surface area contributed by atoms with E-state index in [2.05, 4.69) is 20.5 Å². The van der Waals surface area contributed by atoms with Gasteiger partial charge in [-0.15, -0.1) is 10.2 Å². The molecule has 0 fully saturated rings. The lowest BCUT2D eigenvalue weighted by molar-refractivity contribution is 0.0916. The number of pyridine rings is 1. The van der Waals surface area contributed by atoms with Crippen LogP contribution in [0.4, 0.5) is 0 Å². The van der Waals surface area contributed by atoms with E-state index in [0.717, 1.165) is 5.56 Å². The average molecular weight is 323 g/mol. The predicted molar refractivity (Wildman–Crippen MR) is 87.6 cm³/mol. The molecule has 2 aromatic heterocycles. The Labute approximate surface area is 139 Å². The Balaban J connectivity index is 1.65. The number of hydrogen-bond donors (Lipinski definition) is 2. The quantitative estimate of drug-likeness (QED) is 0.706. The number of aliphatic hydroxyl groups is 1. The lowest BCUT2D eigenvalue weighted by atomic mass is 10.1. The van der Waals surface area contributed by atoms with Crippen LogP contribution < -0.4 is 5.32 Å². The van der Waals surface area contributed by atoms with Crippen LogP contribution in [0.2, 0.25) is 0 Å². The van der Waals surface area contributed by atoms with Gasteiger partial charge in [-0.05, 0) is 24.1 Å². The van der Waals surface area contributed by atoms with Crippen molar-refractivity contribution in [3.05, 3.63) is 72.4 Å². The van der Waals surface area contributed by atoms with Crippen LogP contribution in [-0.2, 0) is 6.42 Å². The van der Waals surface area contributed by atoms with Crippen LogP contribution in [0.25, 0.3) is 5.82 Å². The van der Waals surface area contributed by atoms with E-state index in [1.807, 2.05) is 30.3 Å². The van der Waals surface area contributed by atoms with Gasteiger partial charge in [-0.3, -0.25) is 9.36 Å². The fraction of sp³-hybridized carbons (Fsp3) is 0.176.